The Hall–Kier alpha value is -1.47. The van der Waals surface area contributed by atoms with Crippen molar-refractivity contribution in [3.8, 4) is 0 Å². The fourth-order valence-electron chi connectivity index (χ4n) is 1.31. The number of hydrogen-bond donors (Lipinski definition) is 2. The third kappa shape index (κ3) is 3.78. The van der Waals surface area contributed by atoms with Crippen LogP contribution in [0, 0.1) is 5.92 Å². The van der Waals surface area contributed by atoms with Gasteiger partial charge in [-0.25, -0.2) is 4.98 Å². The molecule has 1 heterocycles. The zero-order valence-corrected chi connectivity index (χ0v) is 11.2. The number of carbonyl (C=O) groups excluding carboxylic acids is 1. The van der Waals surface area contributed by atoms with Crippen LogP contribution >= 0.6 is 11.3 Å². The molecule has 0 aliphatic rings. The molecule has 3 N–H and O–H groups in total. The summed E-state index contributed by atoms with van der Waals surface area (Å²) in [6, 6.07) is -1.00. The summed E-state index contributed by atoms with van der Waals surface area (Å²) in [5.41, 5.74) is 5.01. The van der Waals surface area contributed by atoms with Crippen LogP contribution in [0.4, 0.5) is 0 Å². The number of aliphatic carboxylic acids is 1. The van der Waals surface area contributed by atoms with Crippen LogP contribution in [0.15, 0.2) is 11.6 Å². The van der Waals surface area contributed by atoms with Crippen molar-refractivity contribution >= 4 is 23.3 Å². The Morgan fingerprint density at radius 2 is 2.11 bits per heavy atom. The van der Waals surface area contributed by atoms with Gasteiger partial charge in [0.15, 0.2) is 5.92 Å². The monoisotopic (exact) mass is 272 g/mol. The number of hydrogen-bond acceptors (Lipinski definition) is 6. The second-order valence-electron chi connectivity index (χ2n) is 4.75. The maximum Gasteiger partial charge on any atom is 0.322 e. The zero-order valence-electron chi connectivity index (χ0n) is 10.4. The molecule has 0 amide bonds. The fourth-order valence-corrected chi connectivity index (χ4v) is 1.98. The van der Waals surface area contributed by atoms with Crippen LogP contribution < -0.4 is 5.73 Å². The van der Waals surface area contributed by atoms with E-state index in [0.29, 0.717) is 5.01 Å². The predicted molar refractivity (Wildman–Crippen MR) is 66.0 cm³/mol. The van der Waals surface area contributed by atoms with Gasteiger partial charge in [0, 0.05) is 11.6 Å². The Balaban J connectivity index is 2.90. The molecule has 2 atom stereocenters. The topological polar surface area (TPSA) is 103 Å². The quantitative estimate of drug-likeness (QED) is 0.630. The van der Waals surface area contributed by atoms with Gasteiger partial charge in [0.1, 0.15) is 10.6 Å². The highest BCUT2D eigenvalue weighted by Crippen LogP contribution is 2.24. The van der Waals surface area contributed by atoms with E-state index < -0.39 is 29.5 Å². The summed E-state index contributed by atoms with van der Waals surface area (Å²) in [7, 11) is 0. The van der Waals surface area contributed by atoms with E-state index in [-0.39, 0.29) is 0 Å². The maximum atomic E-state index is 11.8. The van der Waals surface area contributed by atoms with Crippen molar-refractivity contribution in [2.24, 2.45) is 11.7 Å². The smallest absolute Gasteiger partial charge is 0.322 e. The molecule has 0 spiro atoms. The van der Waals surface area contributed by atoms with Crippen molar-refractivity contribution < 1.29 is 19.4 Å². The molecule has 0 fully saturated rings. The third-order valence-electron chi connectivity index (χ3n) is 2.02. The molecule has 1 rings (SSSR count). The van der Waals surface area contributed by atoms with E-state index in [1.807, 2.05) is 0 Å². The molecule has 0 radical (unpaired) electrons. The minimum absolute atomic E-state index is 0.397. The van der Waals surface area contributed by atoms with Crippen molar-refractivity contribution in [3.05, 3.63) is 16.6 Å². The lowest BCUT2D eigenvalue weighted by Crippen LogP contribution is -2.39. The summed E-state index contributed by atoms with van der Waals surface area (Å²) >= 11 is 1.20. The fraction of sp³-hybridized carbons (Fsp3) is 0.545. The Morgan fingerprint density at radius 1 is 1.50 bits per heavy atom. The average molecular weight is 272 g/mol. The molecule has 0 bridgehead atoms. The predicted octanol–water partition coefficient (Wildman–Crippen LogP) is 1.19. The number of carboxylic acid groups (broad SMARTS) is 1. The SMILES string of the molecule is CC(C)(C)OC(=O)C(C(=O)O)C(N)c1nccs1. The highest BCUT2D eigenvalue weighted by molar-refractivity contribution is 7.09. The van der Waals surface area contributed by atoms with Crippen molar-refractivity contribution in [3.63, 3.8) is 0 Å². The summed E-state index contributed by atoms with van der Waals surface area (Å²) in [4.78, 5) is 26.9. The lowest BCUT2D eigenvalue weighted by Gasteiger charge is -2.24. The Labute approximate surface area is 109 Å². The second-order valence-corrected chi connectivity index (χ2v) is 5.67. The minimum Gasteiger partial charge on any atom is -0.481 e. The first-order valence-electron chi connectivity index (χ1n) is 5.33. The molecule has 7 heteroatoms. The molecule has 1 aromatic rings. The van der Waals surface area contributed by atoms with Crippen LogP contribution in [0.3, 0.4) is 0 Å². The normalized spacial score (nSPS) is 14.9. The van der Waals surface area contributed by atoms with Gasteiger partial charge in [-0.2, -0.15) is 0 Å². The number of carboxylic acids is 1. The summed E-state index contributed by atoms with van der Waals surface area (Å²) in [6.45, 7) is 5.00. The Morgan fingerprint density at radius 3 is 2.50 bits per heavy atom. The van der Waals surface area contributed by atoms with E-state index in [4.69, 9.17) is 15.6 Å². The van der Waals surface area contributed by atoms with Gasteiger partial charge in [0.2, 0.25) is 0 Å². The minimum atomic E-state index is -1.45. The van der Waals surface area contributed by atoms with Gasteiger partial charge in [0.05, 0.1) is 6.04 Å². The average Bonchev–Trinajstić information content (AvgIpc) is 2.65. The maximum absolute atomic E-state index is 11.8. The van der Waals surface area contributed by atoms with Crippen LogP contribution in [0.1, 0.15) is 31.8 Å². The van der Waals surface area contributed by atoms with Gasteiger partial charge in [-0.1, -0.05) is 0 Å². The van der Waals surface area contributed by atoms with E-state index in [9.17, 15) is 9.59 Å². The first kappa shape index (κ1) is 14.6. The zero-order chi connectivity index (χ0) is 13.9. The largest absolute Gasteiger partial charge is 0.481 e. The number of thiazole rings is 1. The molecule has 2 unspecified atom stereocenters. The van der Waals surface area contributed by atoms with Crippen molar-refractivity contribution in [2.45, 2.75) is 32.4 Å². The van der Waals surface area contributed by atoms with E-state index in [2.05, 4.69) is 4.98 Å². The molecule has 0 aliphatic heterocycles. The number of rotatable bonds is 4. The molecule has 0 aliphatic carbocycles. The number of aromatic nitrogens is 1. The molecule has 100 valence electrons. The highest BCUT2D eigenvalue weighted by atomic mass is 32.1. The lowest BCUT2D eigenvalue weighted by molar-refractivity contribution is -0.167. The molecular formula is C11H16N2O4S. The highest BCUT2D eigenvalue weighted by Gasteiger charge is 2.38. The number of nitrogens with zero attached hydrogens (tertiary/aromatic N) is 1. The number of carbonyl (C=O) groups is 2. The van der Waals surface area contributed by atoms with Crippen LogP contribution in [-0.2, 0) is 14.3 Å². The van der Waals surface area contributed by atoms with E-state index in [1.165, 1.54) is 17.5 Å². The van der Waals surface area contributed by atoms with Gasteiger partial charge < -0.3 is 15.6 Å². The van der Waals surface area contributed by atoms with E-state index in [0.717, 1.165) is 0 Å². The van der Waals surface area contributed by atoms with Crippen molar-refractivity contribution in [1.82, 2.24) is 4.98 Å². The third-order valence-corrected chi connectivity index (χ3v) is 2.90. The van der Waals surface area contributed by atoms with E-state index >= 15 is 0 Å². The Kier molecular flexibility index (Phi) is 4.42. The van der Waals surface area contributed by atoms with E-state index in [1.54, 1.807) is 26.2 Å². The molecule has 0 saturated carbocycles. The van der Waals surface area contributed by atoms with Crippen molar-refractivity contribution in [2.75, 3.05) is 0 Å². The van der Waals surface area contributed by atoms with Gasteiger partial charge in [-0.05, 0) is 20.8 Å². The summed E-state index contributed by atoms with van der Waals surface area (Å²) < 4.78 is 5.06. The molecule has 6 nitrogen and oxygen atoms in total. The molecule has 0 aromatic carbocycles. The molecule has 0 saturated heterocycles. The van der Waals surface area contributed by atoms with Gasteiger partial charge in [0.25, 0.3) is 0 Å². The second kappa shape index (κ2) is 5.45. The van der Waals surface area contributed by atoms with Crippen molar-refractivity contribution in [1.29, 1.82) is 0 Å². The molecular weight excluding hydrogens is 256 g/mol. The number of ether oxygens (including phenoxy) is 1. The number of nitrogens with two attached hydrogens (primary N) is 1. The first-order chi connectivity index (χ1) is 8.22. The van der Waals surface area contributed by atoms with Gasteiger partial charge in [-0.3, -0.25) is 9.59 Å². The van der Waals surface area contributed by atoms with Gasteiger partial charge >= 0.3 is 11.9 Å². The van der Waals surface area contributed by atoms with Crippen LogP contribution in [0.5, 0.6) is 0 Å². The van der Waals surface area contributed by atoms with Gasteiger partial charge in [-0.15, -0.1) is 11.3 Å². The Bertz CT molecular complexity index is 425. The standard InChI is InChI=1S/C11H16N2O4S/c1-11(2,3)17-10(16)6(9(14)15)7(12)8-13-4-5-18-8/h4-7H,12H2,1-3H3,(H,14,15). The molecule has 18 heavy (non-hydrogen) atoms. The van der Waals surface area contributed by atoms with Crippen LogP contribution in [0.25, 0.3) is 0 Å². The van der Waals surface area contributed by atoms with Crippen LogP contribution in [-0.4, -0.2) is 27.6 Å². The summed E-state index contributed by atoms with van der Waals surface area (Å²) in [5.74, 6) is -3.61. The first-order valence-corrected chi connectivity index (χ1v) is 6.21. The number of esters is 1. The summed E-state index contributed by atoms with van der Waals surface area (Å²) in [6.07, 6.45) is 1.51. The lowest BCUT2D eigenvalue weighted by atomic mass is 10.0. The molecule has 1 aromatic heterocycles. The van der Waals surface area contributed by atoms with Crippen LogP contribution in [0.2, 0.25) is 0 Å². The summed E-state index contributed by atoms with van der Waals surface area (Å²) in [5, 5.41) is 11.2.